The lowest BCUT2D eigenvalue weighted by molar-refractivity contribution is 0.515. The Labute approximate surface area is 106 Å². The van der Waals surface area contributed by atoms with Crippen LogP contribution in [0.4, 0.5) is 5.82 Å². The maximum atomic E-state index is 11.7. The first-order valence-electron chi connectivity index (χ1n) is 5.50. The molecule has 0 fully saturated rings. The number of nitrogens with zero attached hydrogens (tertiary/aromatic N) is 4. The Balaban J connectivity index is 2.00. The van der Waals surface area contributed by atoms with Gasteiger partial charge in [-0.2, -0.15) is 0 Å². The van der Waals surface area contributed by atoms with E-state index in [1.54, 1.807) is 18.3 Å². The Kier molecular flexibility index (Phi) is 2.69. The molecule has 0 aromatic carbocycles. The smallest absolute Gasteiger partial charge is 0.406 e. The summed E-state index contributed by atoms with van der Waals surface area (Å²) < 4.78 is 6.48. The zero-order valence-corrected chi connectivity index (χ0v) is 9.78. The van der Waals surface area contributed by atoms with E-state index in [0.29, 0.717) is 22.7 Å². The summed E-state index contributed by atoms with van der Waals surface area (Å²) in [5.74, 6) is 5.18. The minimum Gasteiger partial charge on any atom is -0.406 e. The highest BCUT2D eigenvalue weighted by molar-refractivity contribution is 5.67. The molecule has 0 aliphatic carbocycles. The Morgan fingerprint density at radius 2 is 2.21 bits per heavy atom. The summed E-state index contributed by atoms with van der Waals surface area (Å²) in [4.78, 5) is 24.0. The second kappa shape index (κ2) is 4.50. The van der Waals surface area contributed by atoms with Crippen LogP contribution >= 0.6 is 0 Å². The standard InChI is InChI=1S/C11H10N6O2/c12-16-9-5-14-7(4-15-9)6-17-10-8(19-11(17)18)2-1-3-13-10/h1-5H,6,12H2,(H,15,16). The minimum absolute atomic E-state index is 0.237. The largest absolute Gasteiger partial charge is 0.421 e. The molecule has 0 saturated heterocycles. The average molecular weight is 258 g/mol. The summed E-state index contributed by atoms with van der Waals surface area (Å²) in [7, 11) is 0. The molecule has 8 nitrogen and oxygen atoms in total. The van der Waals surface area contributed by atoms with Crippen LogP contribution in [0.2, 0.25) is 0 Å². The molecular weight excluding hydrogens is 248 g/mol. The highest BCUT2D eigenvalue weighted by Crippen LogP contribution is 2.10. The van der Waals surface area contributed by atoms with Gasteiger partial charge in [0.2, 0.25) is 0 Å². The van der Waals surface area contributed by atoms with Crippen molar-refractivity contribution in [1.82, 2.24) is 19.5 Å². The molecule has 0 saturated carbocycles. The van der Waals surface area contributed by atoms with Crippen molar-refractivity contribution in [3.63, 3.8) is 0 Å². The fourth-order valence-electron chi connectivity index (χ4n) is 1.71. The number of rotatable bonds is 3. The molecule has 3 rings (SSSR count). The van der Waals surface area contributed by atoms with E-state index in [0.717, 1.165) is 0 Å². The Bertz CT molecular complexity index is 761. The maximum Gasteiger partial charge on any atom is 0.421 e. The fourth-order valence-corrected chi connectivity index (χ4v) is 1.71. The van der Waals surface area contributed by atoms with Crippen LogP contribution in [-0.2, 0) is 6.54 Å². The summed E-state index contributed by atoms with van der Waals surface area (Å²) in [5, 5.41) is 0. The van der Waals surface area contributed by atoms with Crippen molar-refractivity contribution in [2.45, 2.75) is 6.54 Å². The van der Waals surface area contributed by atoms with E-state index in [4.69, 9.17) is 10.3 Å². The van der Waals surface area contributed by atoms with Crippen molar-refractivity contribution in [2.75, 3.05) is 5.43 Å². The molecule has 0 unspecified atom stereocenters. The molecule has 0 atom stereocenters. The highest BCUT2D eigenvalue weighted by Gasteiger charge is 2.10. The molecule has 96 valence electrons. The van der Waals surface area contributed by atoms with E-state index in [1.807, 2.05) is 0 Å². The molecule has 0 bridgehead atoms. The second-order valence-electron chi connectivity index (χ2n) is 3.82. The Morgan fingerprint density at radius 3 is 2.95 bits per heavy atom. The van der Waals surface area contributed by atoms with E-state index in [2.05, 4.69) is 20.4 Å². The van der Waals surface area contributed by atoms with Crippen molar-refractivity contribution < 1.29 is 4.42 Å². The number of anilines is 1. The molecule has 3 heterocycles. The van der Waals surface area contributed by atoms with Crippen LogP contribution in [0.25, 0.3) is 11.2 Å². The number of nitrogens with two attached hydrogens (primary N) is 1. The Morgan fingerprint density at radius 1 is 1.32 bits per heavy atom. The fraction of sp³-hybridized carbons (Fsp3) is 0.0909. The first-order valence-corrected chi connectivity index (χ1v) is 5.50. The van der Waals surface area contributed by atoms with Crippen molar-refractivity contribution in [3.8, 4) is 0 Å². The van der Waals surface area contributed by atoms with Crippen molar-refractivity contribution in [1.29, 1.82) is 0 Å². The van der Waals surface area contributed by atoms with Gasteiger partial charge in [-0.1, -0.05) is 0 Å². The van der Waals surface area contributed by atoms with Crippen molar-refractivity contribution in [3.05, 3.63) is 47.0 Å². The molecular formula is C11H10N6O2. The molecule has 0 aliphatic heterocycles. The zero-order valence-electron chi connectivity index (χ0n) is 9.78. The lowest BCUT2D eigenvalue weighted by Crippen LogP contribution is -2.16. The SMILES string of the molecule is NNc1cnc(Cn2c(=O)oc3cccnc32)cn1. The lowest BCUT2D eigenvalue weighted by Gasteiger charge is -2.02. The Hall–Kier alpha value is -2.74. The number of hydrogen-bond acceptors (Lipinski definition) is 7. The predicted molar refractivity (Wildman–Crippen MR) is 67.2 cm³/mol. The quantitative estimate of drug-likeness (QED) is 0.506. The monoisotopic (exact) mass is 258 g/mol. The summed E-state index contributed by atoms with van der Waals surface area (Å²) >= 11 is 0. The summed E-state index contributed by atoms with van der Waals surface area (Å²) in [5.41, 5.74) is 3.91. The van der Waals surface area contributed by atoms with Gasteiger partial charge in [-0.25, -0.2) is 20.6 Å². The highest BCUT2D eigenvalue weighted by atomic mass is 16.4. The number of aromatic nitrogens is 4. The number of fused-ring (bicyclic) bond motifs is 1. The molecule has 0 spiro atoms. The van der Waals surface area contributed by atoms with E-state index in [9.17, 15) is 4.79 Å². The molecule has 8 heteroatoms. The lowest BCUT2D eigenvalue weighted by atomic mass is 10.4. The van der Waals surface area contributed by atoms with Gasteiger partial charge in [0.15, 0.2) is 17.0 Å². The molecule has 0 amide bonds. The van der Waals surface area contributed by atoms with Gasteiger partial charge in [0.25, 0.3) is 0 Å². The predicted octanol–water partition coefficient (Wildman–Crippen LogP) is 0.113. The molecule has 3 aromatic rings. The number of hydrazine groups is 1. The van der Waals surface area contributed by atoms with Gasteiger partial charge in [-0.3, -0.25) is 9.55 Å². The maximum absolute atomic E-state index is 11.7. The number of nitrogens with one attached hydrogen (secondary N) is 1. The molecule has 19 heavy (non-hydrogen) atoms. The van der Waals surface area contributed by atoms with E-state index >= 15 is 0 Å². The van der Waals surface area contributed by atoms with E-state index in [1.165, 1.54) is 17.0 Å². The first-order chi connectivity index (χ1) is 9.28. The number of nitrogen functional groups attached to an aromatic ring is 1. The average Bonchev–Trinajstić information content (AvgIpc) is 2.76. The first kappa shape index (κ1) is 11.4. The second-order valence-corrected chi connectivity index (χ2v) is 3.82. The van der Waals surface area contributed by atoms with Crippen LogP contribution in [-0.4, -0.2) is 19.5 Å². The summed E-state index contributed by atoms with van der Waals surface area (Å²) in [6.07, 6.45) is 4.61. The topological polar surface area (TPSA) is 112 Å². The van der Waals surface area contributed by atoms with Gasteiger partial charge in [0, 0.05) is 6.20 Å². The van der Waals surface area contributed by atoms with Gasteiger partial charge in [-0.15, -0.1) is 0 Å². The van der Waals surface area contributed by atoms with Crippen LogP contribution in [0, 0.1) is 0 Å². The van der Waals surface area contributed by atoms with Crippen LogP contribution in [0.1, 0.15) is 5.69 Å². The van der Waals surface area contributed by atoms with E-state index < -0.39 is 5.76 Å². The number of pyridine rings is 1. The normalized spacial score (nSPS) is 10.8. The van der Waals surface area contributed by atoms with Crippen molar-refractivity contribution >= 4 is 17.0 Å². The van der Waals surface area contributed by atoms with Crippen molar-refractivity contribution in [2.24, 2.45) is 5.84 Å². The number of oxazole rings is 1. The number of hydrogen-bond donors (Lipinski definition) is 2. The van der Waals surface area contributed by atoms with Gasteiger partial charge >= 0.3 is 5.76 Å². The van der Waals surface area contributed by atoms with Crippen LogP contribution < -0.4 is 17.0 Å². The molecule has 0 radical (unpaired) electrons. The van der Waals surface area contributed by atoms with Gasteiger partial charge in [0.1, 0.15) is 0 Å². The molecule has 3 aromatic heterocycles. The minimum atomic E-state index is -0.475. The van der Waals surface area contributed by atoms with E-state index in [-0.39, 0.29) is 6.54 Å². The summed E-state index contributed by atoms with van der Waals surface area (Å²) in [6, 6.07) is 3.39. The van der Waals surface area contributed by atoms with Crippen LogP contribution in [0.3, 0.4) is 0 Å². The van der Waals surface area contributed by atoms with Gasteiger partial charge in [0.05, 0.1) is 24.6 Å². The molecule has 3 N–H and O–H groups in total. The van der Waals surface area contributed by atoms with Crippen LogP contribution in [0.5, 0.6) is 0 Å². The van der Waals surface area contributed by atoms with Gasteiger partial charge in [-0.05, 0) is 12.1 Å². The third-order valence-corrected chi connectivity index (χ3v) is 2.60. The van der Waals surface area contributed by atoms with Gasteiger partial charge < -0.3 is 9.84 Å². The third-order valence-electron chi connectivity index (χ3n) is 2.60. The summed E-state index contributed by atoms with van der Waals surface area (Å²) in [6.45, 7) is 0.237. The zero-order chi connectivity index (χ0) is 13.2. The van der Waals surface area contributed by atoms with Crippen LogP contribution in [0.15, 0.2) is 39.9 Å². The molecule has 0 aliphatic rings. The third kappa shape index (κ3) is 2.04.